The van der Waals surface area contributed by atoms with Gasteiger partial charge in [0.05, 0.1) is 11.0 Å². The highest BCUT2D eigenvalue weighted by molar-refractivity contribution is 7.13. The van der Waals surface area contributed by atoms with Crippen molar-refractivity contribution in [2.45, 2.75) is 6.92 Å². The molecule has 0 amide bonds. The topological polar surface area (TPSA) is 30.7 Å². The van der Waals surface area contributed by atoms with E-state index in [1.807, 2.05) is 25.5 Å². The van der Waals surface area contributed by atoms with E-state index < -0.39 is 0 Å². The van der Waals surface area contributed by atoms with E-state index in [9.17, 15) is 0 Å². The Labute approximate surface area is 97.4 Å². The van der Waals surface area contributed by atoms with Crippen molar-refractivity contribution in [2.75, 3.05) is 0 Å². The normalized spacial score (nSPS) is 11.1. The maximum absolute atomic E-state index is 4.48. The molecule has 2 heterocycles. The van der Waals surface area contributed by atoms with Gasteiger partial charge in [0.15, 0.2) is 0 Å². The molecule has 0 radical (unpaired) electrons. The molecule has 0 aliphatic rings. The quantitative estimate of drug-likeness (QED) is 0.642. The molecular weight excluding hydrogens is 218 g/mol. The summed E-state index contributed by atoms with van der Waals surface area (Å²) in [6, 6.07) is 6.28. The van der Waals surface area contributed by atoms with Crippen molar-refractivity contribution in [3.63, 3.8) is 0 Å². The van der Waals surface area contributed by atoms with Crippen molar-refractivity contribution in [3.8, 4) is 10.6 Å². The van der Waals surface area contributed by atoms with Gasteiger partial charge >= 0.3 is 0 Å². The van der Waals surface area contributed by atoms with E-state index in [4.69, 9.17) is 0 Å². The largest absolute Gasteiger partial charge is 0.331 e. The summed E-state index contributed by atoms with van der Waals surface area (Å²) >= 11 is 1.66. The first-order chi connectivity index (χ1) is 7.75. The van der Waals surface area contributed by atoms with Crippen molar-refractivity contribution in [1.82, 2.24) is 14.5 Å². The van der Waals surface area contributed by atoms with Crippen LogP contribution in [-0.4, -0.2) is 14.5 Å². The summed E-state index contributed by atoms with van der Waals surface area (Å²) in [4.78, 5) is 8.80. The fourth-order valence-electron chi connectivity index (χ4n) is 1.81. The lowest BCUT2D eigenvalue weighted by molar-refractivity contribution is 0.886. The molecule has 0 fully saturated rings. The number of benzene rings is 1. The Kier molecular flexibility index (Phi) is 2.04. The molecular formula is C12H11N3S. The number of hydrogen-bond donors (Lipinski definition) is 0. The molecule has 1 aromatic carbocycles. The highest BCUT2D eigenvalue weighted by Crippen LogP contribution is 2.25. The monoisotopic (exact) mass is 229 g/mol. The summed E-state index contributed by atoms with van der Waals surface area (Å²) < 4.78 is 2.10. The minimum atomic E-state index is 1.03. The zero-order chi connectivity index (χ0) is 11.1. The number of nitrogens with zero attached hydrogens (tertiary/aromatic N) is 3. The zero-order valence-corrected chi connectivity index (χ0v) is 9.95. The summed E-state index contributed by atoms with van der Waals surface area (Å²) in [5.41, 5.74) is 3.36. The van der Waals surface area contributed by atoms with Crippen LogP contribution in [0, 0.1) is 6.92 Å². The number of rotatable bonds is 1. The Hall–Kier alpha value is -1.68. The second kappa shape index (κ2) is 3.42. The Morgan fingerprint density at radius 2 is 2.19 bits per heavy atom. The Morgan fingerprint density at radius 1 is 1.31 bits per heavy atom. The summed E-state index contributed by atoms with van der Waals surface area (Å²) in [6.07, 6.45) is 1.83. The minimum Gasteiger partial charge on any atom is -0.331 e. The Bertz CT molecular complexity index is 638. The molecule has 0 aliphatic carbocycles. The third-order valence-corrected chi connectivity index (χ3v) is 3.61. The maximum Gasteiger partial charge on any atom is 0.123 e. The van der Waals surface area contributed by atoms with Crippen LogP contribution in [0.5, 0.6) is 0 Å². The van der Waals surface area contributed by atoms with E-state index >= 15 is 0 Å². The van der Waals surface area contributed by atoms with E-state index in [1.165, 1.54) is 0 Å². The lowest BCUT2D eigenvalue weighted by atomic mass is 10.2. The third kappa shape index (κ3) is 1.34. The molecule has 80 valence electrons. The van der Waals surface area contributed by atoms with Gasteiger partial charge in [0.1, 0.15) is 10.8 Å². The molecule has 0 N–H and O–H groups in total. The van der Waals surface area contributed by atoms with E-state index in [0.29, 0.717) is 0 Å². The van der Waals surface area contributed by atoms with Gasteiger partial charge in [-0.2, -0.15) is 0 Å². The smallest absolute Gasteiger partial charge is 0.123 e. The molecule has 3 aromatic rings. The van der Waals surface area contributed by atoms with Crippen LogP contribution in [0.1, 0.15) is 5.82 Å². The summed E-state index contributed by atoms with van der Waals surface area (Å²) in [5.74, 6) is 1.03. The third-order valence-electron chi connectivity index (χ3n) is 2.78. The number of fused-ring (bicyclic) bond motifs is 1. The molecule has 0 saturated heterocycles. The predicted molar refractivity (Wildman–Crippen MR) is 66.6 cm³/mol. The van der Waals surface area contributed by atoms with Crippen LogP contribution in [0.25, 0.3) is 21.6 Å². The first kappa shape index (κ1) is 9.54. The van der Waals surface area contributed by atoms with Gasteiger partial charge in [-0.1, -0.05) is 0 Å². The minimum absolute atomic E-state index is 1.03. The Morgan fingerprint density at radius 3 is 2.94 bits per heavy atom. The van der Waals surface area contributed by atoms with Crippen LogP contribution >= 0.6 is 11.3 Å². The molecule has 16 heavy (non-hydrogen) atoms. The predicted octanol–water partition coefficient (Wildman–Crippen LogP) is 3.01. The van der Waals surface area contributed by atoms with E-state index in [2.05, 4.69) is 32.7 Å². The number of aromatic nitrogens is 3. The highest BCUT2D eigenvalue weighted by Gasteiger charge is 2.06. The second-order valence-corrected chi connectivity index (χ2v) is 4.65. The van der Waals surface area contributed by atoms with Gasteiger partial charge in [-0.05, 0) is 25.1 Å². The van der Waals surface area contributed by atoms with Gasteiger partial charge in [-0.15, -0.1) is 11.3 Å². The lowest BCUT2D eigenvalue weighted by Gasteiger charge is -1.99. The number of hydrogen-bond acceptors (Lipinski definition) is 3. The summed E-state index contributed by atoms with van der Waals surface area (Å²) in [5, 5.41) is 3.05. The van der Waals surface area contributed by atoms with Gasteiger partial charge in [-0.3, -0.25) is 0 Å². The second-order valence-electron chi connectivity index (χ2n) is 3.76. The standard InChI is InChI=1S/C12H11N3S/c1-8-14-10-4-3-9(7-11(10)15(8)2)12-13-5-6-16-12/h3-7H,1-2H3. The molecule has 3 nitrogen and oxygen atoms in total. The fourth-order valence-corrected chi connectivity index (χ4v) is 2.44. The maximum atomic E-state index is 4.48. The van der Waals surface area contributed by atoms with Crippen LogP contribution in [0.4, 0.5) is 0 Å². The molecule has 0 atom stereocenters. The van der Waals surface area contributed by atoms with Crippen molar-refractivity contribution in [2.24, 2.45) is 7.05 Å². The van der Waals surface area contributed by atoms with Gasteiger partial charge in [0, 0.05) is 24.2 Å². The van der Waals surface area contributed by atoms with Crippen molar-refractivity contribution in [1.29, 1.82) is 0 Å². The summed E-state index contributed by atoms with van der Waals surface area (Å²) in [7, 11) is 2.04. The van der Waals surface area contributed by atoms with E-state index in [-0.39, 0.29) is 0 Å². The molecule has 0 spiro atoms. The van der Waals surface area contributed by atoms with Crippen molar-refractivity contribution < 1.29 is 0 Å². The molecule has 0 saturated carbocycles. The van der Waals surface area contributed by atoms with Gasteiger partial charge in [0.25, 0.3) is 0 Å². The van der Waals surface area contributed by atoms with Crippen LogP contribution < -0.4 is 0 Å². The number of thiazole rings is 1. The van der Waals surface area contributed by atoms with Crippen LogP contribution in [-0.2, 0) is 7.05 Å². The SMILES string of the molecule is Cc1nc2ccc(-c3nccs3)cc2n1C. The van der Waals surface area contributed by atoms with Crippen LogP contribution in [0.15, 0.2) is 29.8 Å². The summed E-state index contributed by atoms with van der Waals surface area (Å²) in [6.45, 7) is 2.02. The molecule has 0 unspecified atom stereocenters. The van der Waals surface area contributed by atoms with Gasteiger partial charge < -0.3 is 4.57 Å². The average molecular weight is 229 g/mol. The first-order valence-electron chi connectivity index (χ1n) is 5.08. The first-order valence-corrected chi connectivity index (χ1v) is 5.96. The van der Waals surface area contributed by atoms with Crippen LogP contribution in [0.2, 0.25) is 0 Å². The van der Waals surface area contributed by atoms with E-state index in [0.717, 1.165) is 27.4 Å². The number of imidazole rings is 1. The lowest BCUT2D eigenvalue weighted by Crippen LogP contribution is -1.90. The van der Waals surface area contributed by atoms with Crippen molar-refractivity contribution >= 4 is 22.4 Å². The van der Waals surface area contributed by atoms with Crippen LogP contribution in [0.3, 0.4) is 0 Å². The van der Waals surface area contributed by atoms with Crippen molar-refractivity contribution in [3.05, 3.63) is 35.6 Å². The molecule has 3 rings (SSSR count). The van der Waals surface area contributed by atoms with Gasteiger partial charge in [0.2, 0.25) is 0 Å². The molecule has 4 heteroatoms. The van der Waals surface area contributed by atoms with Gasteiger partial charge in [-0.25, -0.2) is 9.97 Å². The fraction of sp³-hybridized carbons (Fsp3) is 0.167. The molecule has 2 aromatic heterocycles. The molecule has 0 bridgehead atoms. The van der Waals surface area contributed by atoms with E-state index in [1.54, 1.807) is 11.3 Å². The number of aryl methyl sites for hydroxylation is 2. The molecule has 0 aliphatic heterocycles. The highest BCUT2D eigenvalue weighted by atomic mass is 32.1. The average Bonchev–Trinajstić information content (AvgIpc) is 2.89. The zero-order valence-electron chi connectivity index (χ0n) is 9.14. The Balaban J connectivity index is 2.26.